The quantitative estimate of drug-likeness (QED) is 0.368. The van der Waals surface area contributed by atoms with E-state index in [0.29, 0.717) is 17.8 Å². The van der Waals surface area contributed by atoms with Crippen LogP contribution in [0.2, 0.25) is 0 Å². The maximum atomic E-state index is 13.0. The van der Waals surface area contributed by atoms with E-state index in [1.54, 1.807) is 0 Å². The van der Waals surface area contributed by atoms with Crippen LogP contribution in [0.25, 0.3) is 11.1 Å². The Balaban J connectivity index is 1.45. The molecule has 0 saturated carbocycles. The van der Waals surface area contributed by atoms with Crippen molar-refractivity contribution >= 4 is 11.6 Å². The maximum absolute atomic E-state index is 13.0. The average Bonchev–Trinajstić information content (AvgIpc) is 3.29. The summed E-state index contributed by atoms with van der Waals surface area (Å²) in [6.45, 7) is 4.06. The van der Waals surface area contributed by atoms with Crippen LogP contribution in [0.5, 0.6) is 0 Å². The molecule has 0 unspecified atom stereocenters. The summed E-state index contributed by atoms with van der Waals surface area (Å²) in [5.74, 6) is 0.0983. The average molecular weight is 425 g/mol. The van der Waals surface area contributed by atoms with E-state index in [1.807, 2.05) is 66.8 Å². The molecular weight excluding hydrogens is 396 g/mol. The molecule has 2 aromatic heterocycles. The summed E-state index contributed by atoms with van der Waals surface area (Å²) >= 11 is 0. The van der Waals surface area contributed by atoms with Crippen molar-refractivity contribution in [3.8, 4) is 11.1 Å². The molecule has 0 spiro atoms. The molecule has 2 aromatic carbocycles. The zero-order valence-corrected chi connectivity index (χ0v) is 19.1. The fourth-order valence-corrected chi connectivity index (χ4v) is 4.21. The summed E-state index contributed by atoms with van der Waals surface area (Å²) in [7, 11) is 3.74. The second-order valence-electron chi connectivity index (χ2n) is 8.62. The van der Waals surface area contributed by atoms with Gasteiger partial charge < -0.3 is 9.13 Å². The topological polar surface area (TPSA) is 44.0 Å². The van der Waals surface area contributed by atoms with Gasteiger partial charge in [0.1, 0.15) is 0 Å². The van der Waals surface area contributed by atoms with Crippen molar-refractivity contribution in [1.82, 2.24) is 9.13 Å². The van der Waals surface area contributed by atoms with Crippen molar-refractivity contribution in [2.75, 3.05) is 0 Å². The van der Waals surface area contributed by atoms with Crippen LogP contribution >= 0.6 is 0 Å². The molecule has 0 radical (unpaired) electrons. The lowest BCUT2D eigenvalue weighted by Crippen LogP contribution is -2.08. The third-order valence-electron chi connectivity index (χ3n) is 5.81. The van der Waals surface area contributed by atoms with Crippen molar-refractivity contribution in [3.63, 3.8) is 0 Å². The molecule has 2 heterocycles. The van der Waals surface area contributed by atoms with Crippen molar-refractivity contribution in [3.05, 3.63) is 107 Å². The van der Waals surface area contributed by atoms with Crippen LogP contribution in [-0.4, -0.2) is 20.7 Å². The largest absolute Gasteiger partial charge is 0.348 e. The van der Waals surface area contributed by atoms with E-state index in [-0.39, 0.29) is 18.0 Å². The third-order valence-corrected chi connectivity index (χ3v) is 5.81. The van der Waals surface area contributed by atoms with Gasteiger partial charge >= 0.3 is 0 Å². The molecule has 4 aromatic rings. The van der Waals surface area contributed by atoms with Crippen LogP contribution in [0.4, 0.5) is 0 Å². The molecule has 4 heteroatoms. The van der Waals surface area contributed by atoms with E-state index in [2.05, 4.69) is 43.3 Å². The van der Waals surface area contributed by atoms with Gasteiger partial charge in [-0.2, -0.15) is 0 Å². The van der Waals surface area contributed by atoms with Crippen molar-refractivity contribution < 1.29 is 9.59 Å². The van der Waals surface area contributed by atoms with Gasteiger partial charge in [-0.15, -0.1) is 0 Å². The predicted molar refractivity (Wildman–Crippen MR) is 128 cm³/mol. The molecule has 0 amide bonds. The lowest BCUT2D eigenvalue weighted by atomic mass is 10.00. The number of nitrogens with zero attached hydrogens (tertiary/aromatic N) is 2. The van der Waals surface area contributed by atoms with Gasteiger partial charge in [-0.1, -0.05) is 54.1 Å². The van der Waals surface area contributed by atoms with Gasteiger partial charge in [0.2, 0.25) is 0 Å². The highest BCUT2D eigenvalue weighted by Crippen LogP contribution is 2.22. The van der Waals surface area contributed by atoms with Crippen molar-refractivity contribution in [1.29, 1.82) is 0 Å². The van der Waals surface area contributed by atoms with Gasteiger partial charge in [0.25, 0.3) is 0 Å². The first-order chi connectivity index (χ1) is 15.3. The summed E-state index contributed by atoms with van der Waals surface area (Å²) < 4.78 is 3.68. The molecular formula is C28H28N2O2. The number of rotatable bonds is 7. The van der Waals surface area contributed by atoms with Crippen LogP contribution in [0.15, 0.2) is 73.1 Å². The number of aryl methyl sites for hydroxylation is 4. The maximum Gasteiger partial charge on any atom is 0.183 e. The molecule has 0 N–H and O–H groups in total. The summed E-state index contributed by atoms with van der Waals surface area (Å²) in [6, 6.07) is 20.3. The minimum atomic E-state index is 0.0456. The van der Waals surface area contributed by atoms with E-state index in [9.17, 15) is 9.59 Å². The van der Waals surface area contributed by atoms with Gasteiger partial charge in [-0.25, -0.2) is 0 Å². The van der Waals surface area contributed by atoms with E-state index >= 15 is 0 Å². The fraction of sp³-hybridized carbons (Fsp3) is 0.214. The Kier molecular flexibility index (Phi) is 5.95. The Morgan fingerprint density at radius 3 is 1.91 bits per heavy atom. The Labute approximate surface area is 189 Å². The Morgan fingerprint density at radius 1 is 0.656 bits per heavy atom. The van der Waals surface area contributed by atoms with Gasteiger partial charge in [0, 0.05) is 39.3 Å². The zero-order valence-electron chi connectivity index (χ0n) is 19.1. The molecule has 4 nitrogen and oxygen atoms in total. The highest BCUT2D eigenvalue weighted by Gasteiger charge is 2.17. The Morgan fingerprint density at radius 2 is 1.28 bits per heavy atom. The first kappa shape index (κ1) is 21.6. The first-order valence-corrected chi connectivity index (χ1v) is 10.8. The minimum Gasteiger partial charge on any atom is -0.348 e. The smallest absolute Gasteiger partial charge is 0.183 e. The second-order valence-corrected chi connectivity index (χ2v) is 8.62. The summed E-state index contributed by atoms with van der Waals surface area (Å²) in [4.78, 5) is 25.6. The second kappa shape index (κ2) is 8.83. The number of carbonyl (C=O) groups is 2. The molecule has 32 heavy (non-hydrogen) atoms. The normalized spacial score (nSPS) is 11.0. The Hall–Kier alpha value is -3.66. The van der Waals surface area contributed by atoms with Crippen LogP contribution in [0, 0.1) is 13.8 Å². The molecule has 0 aliphatic rings. The minimum absolute atomic E-state index is 0.0456. The van der Waals surface area contributed by atoms with Crippen LogP contribution < -0.4 is 0 Å². The SMILES string of the molecule is Cc1cccc(-c2ccc(CC(=O)c3cc(CC(=O)c4cc(C)cn4C)cn3C)cc2)c1. The van der Waals surface area contributed by atoms with Crippen LogP contribution in [0.1, 0.15) is 43.2 Å². The monoisotopic (exact) mass is 424 g/mol. The van der Waals surface area contributed by atoms with E-state index < -0.39 is 0 Å². The standard InChI is InChI=1S/C28H28N2O2/c1-19-6-5-7-24(12-19)23-10-8-21(9-11-23)15-27(31)26-14-22(18-30(26)4)16-28(32)25-13-20(2)17-29(25)3/h5-14,17-18H,15-16H2,1-4H3. The van der Waals surface area contributed by atoms with E-state index in [1.165, 1.54) is 11.1 Å². The lowest BCUT2D eigenvalue weighted by molar-refractivity contribution is 0.0975. The van der Waals surface area contributed by atoms with Crippen LogP contribution in [0.3, 0.4) is 0 Å². The zero-order chi connectivity index (χ0) is 22.8. The third kappa shape index (κ3) is 4.65. The lowest BCUT2D eigenvalue weighted by Gasteiger charge is -2.06. The molecule has 0 atom stereocenters. The molecule has 0 bridgehead atoms. The number of carbonyl (C=O) groups excluding carboxylic acids is 2. The molecule has 0 aliphatic carbocycles. The van der Waals surface area contributed by atoms with Crippen molar-refractivity contribution in [2.45, 2.75) is 26.7 Å². The van der Waals surface area contributed by atoms with E-state index in [4.69, 9.17) is 0 Å². The molecule has 4 rings (SSSR count). The Bertz CT molecular complexity index is 1290. The molecule has 0 fully saturated rings. The molecule has 0 saturated heterocycles. The predicted octanol–water partition coefficient (Wildman–Crippen LogP) is 5.50. The van der Waals surface area contributed by atoms with E-state index in [0.717, 1.165) is 22.3 Å². The number of Topliss-reactive ketones (excluding diaryl/α,β-unsaturated/α-hetero) is 2. The van der Waals surface area contributed by atoms with Gasteiger partial charge in [0.05, 0.1) is 11.4 Å². The first-order valence-electron chi connectivity index (χ1n) is 10.8. The number of benzene rings is 2. The summed E-state index contributed by atoms with van der Waals surface area (Å²) in [5.41, 5.74) is 7.74. The van der Waals surface area contributed by atoms with Gasteiger partial charge in [-0.05, 0) is 53.8 Å². The van der Waals surface area contributed by atoms with Crippen molar-refractivity contribution in [2.24, 2.45) is 14.1 Å². The number of aromatic nitrogens is 2. The molecule has 0 aliphatic heterocycles. The highest BCUT2D eigenvalue weighted by atomic mass is 16.1. The number of hydrogen-bond donors (Lipinski definition) is 0. The van der Waals surface area contributed by atoms with Gasteiger partial charge in [0.15, 0.2) is 11.6 Å². The highest BCUT2D eigenvalue weighted by molar-refractivity contribution is 5.98. The van der Waals surface area contributed by atoms with Gasteiger partial charge in [-0.3, -0.25) is 9.59 Å². The fourth-order valence-electron chi connectivity index (χ4n) is 4.21. The molecule has 162 valence electrons. The number of hydrogen-bond acceptors (Lipinski definition) is 2. The summed E-state index contributed by atoms with van der Waals surface area (Å²) in [6.07, 6.45) is 4.43. The summed E-state index contributed by atoms with van der Waals surface area (Å²) in [5, 5.41) is 0. The number of ketones is 2. The van der Waals surface area contributed by atoms with Crippen LogP contribution in [-0.2, 0) is 26.9 Å².